The molecule has 0 heterocycles. The van der Waals surface area contributed by atoms with Crippen LogP contribution in [0, 0.1) is 0 Å². The normalized spacial score (nSPS) is 12.0. The minimum Gasteiger partial charge on any atom is -0.481 e. The molecule has 0 atom stereocenters. The fourth-order valence-electron chi connectivity index (χ4n) is 2.18. The van der Waals surface area contributed by atoms with Gasteiger partial charge in [0.25, 0.3) is 0 Å². The van der Waals surface area contributed by atoms with Gasteiger partial charge < -0.3 is 5.11 Å². The van der Waals surface area contributed by atoms with Gasteiger partial charge in [0.1, 0.15) is 0 Å². The summed E-state index contributed by atoms with van der Waals surface area (Å²) in [6, 6.07) is 0. The zero-order valence-corrected chi connectivity index (χ0v) is 14.3. The lowest BCUT2D eigenvalue weighted by molar-refractivity contribution is -0.136. The maximum Gasteiger partial charge on any atom is 0.307 e. The lowest BCUT2D eigenvalue weighted by atomic mass is 10.1. The summed E-state index contributed by atoms with van der Waals surface area (Å²) in [6.45, 7) is 2.24. The molecule has 0 fully saturated rings. The average Bonchev–Trinajstić information content (AvgIpc) is 2.50. The quantitative estimate of drug-likeness (QED) is 0.279. The number of carbonyl (C=O) groups is 1. The van der Waals surface area contributed by atoms with Crippen LogP contribution in [-0.4, -0.2) is 11.1 Å². The van der Waals surface area contributed by atoms with Crippen LogP contribution in [0.25, 0.3) is 0 Å². The number of aliphatic carboxylic acids is 1. The summed E-state index contributed by atoms with van der Waals surface area (Å²) in [5.41, 5.74) is 0. The third-order valence-electron chi connectivity index (χ3n) is 3.51. The lowest BCUT2D eigenvalue weighted by Gasteiger charge is -1.96. The molecule has 0 rings (SSSR count). The van der Waals surface area contributed by atoms with Crippen molar-refractivity contribution >= 4 is 5.97 Å². The van der Waals surface area contributed by atoms with Crippen molar-refractivity contribution in [1.82, 2.24) is 0 Å². The summed E-state index contributed by atoms with van der Waals surface area (Å²) in [4.78, 5) is 10.3. The summed E-state index contributed by atoms with van der Waals surface area (Å²) in [7, 11) is 0. The summed E-state index contributed by atoms with van der Waals surface area (Å²) in [5.74, 6) is -0.761. The van der Waals surface area contributed by atoms with Gasteiger partial charge >= 0.3 is 5.97 Å². The van der Waals surface area contributed by atoms with Crippen molar-refractivity contribution in [3.05, 3.63) is 36.5 Å². The van der Waals surface area contributed by atoms with Crippen LogP contribution >= 0.6 is 0 Å². The molecule has 0 radical (unpaired) electrons. The van der Waals surface area contributed by atoms with Crippen LogP contribution in [0.4, 0.5) is 0 Å². The van der Waals surface area contributed by atoms with E-state index in [0.717, 1.165) is 12.8 Å². The SMILES string of the molecule is CCCCC/C=C/CCCCC/C=C/CC/C=C/CC(=O)O. The second-order valence-electron chi connectivity index (χ2n) is 5.72. The van der Waals surface area contributed by atoms with Gasteiger partial charge in [-0.05, 0) is 51.4 Å². The molecule has 0 saturated heterocycles. The molecular weight excluding hydrogens is 272 g/mol. The number of rotatable bonds is 15. The van der Waals surface area contributed by atoms with Crippen molar-refractivity contribution in [3.8, 4) is 0 Å². The molecule has 0 unspecified atom stereocenters. The first-order chi connectivity index (χ1) is 10.8. The summed E-state index contributed by atoms with van der Waals surface area (Å²) in [5, 5.41) is 8.47. The number of allylic oxidation sites excluding steroid dienone is 5. The Bertz CT molecular complexity index is 327. The van der Waals surface area contributed by atoms with Crippen molar-refractivity contribution in [2.45, 2.75) is 84.0 Å². The fraction of sp³-hybridized carbons (Fsp3) is 0.650. The number of hydrogen-bond donors (Lipinski definition) is 1. The molecule has 2 heteroatoms. The second kappa shape index (κ2) is 17.7. The molecule has 2 nitrogen and oxygen atoms in total. The lowest BCUT2D eigenvalue weighted by Crippen LogP contribution is -1.89. The molecule has 0 amide bonds. The number of hydrogen-bond acceptors (Lipinski definition) is 1. The standard InChI is InChI=1S/C20H34O2/c1-2-3-4-5-6-7-8-9-10-11-12-13-14-15-16-17-18-19-20(21)22/h6-7,13-14,17-18H,2-5,8-12,15-16,19H2,1H3,(H,21,22)/b7-6+,14-13+,18-17+. The summed E-state index contributed by atoms with van der Waals surface area (Å²) < 4.78 is 0. The topological polar surface area (TPSA) is 37.3 Å². The highest BCUT2D eigenvalue weighted by molar-refractivity contribution is 5.68. The molecule has 22 heavy (non-hydrogen) atoms. The Morgan fingerprint density at radius 1 is 0.682 bits per heavy atom. The van der Waals surface area contributed by atoms with Crippen molar-refractivity contribution < 1.29 is 9.90 Å². The largest absolute Gasteiger partial charge is 0.481 e. The highest BCUT2D eigenvalue weighted by Gasteiger charge is 1.88. The number of carboxylic acid groups (broad SMARTS) is 1. The van der Waals surface area contributed by atoms with E-state index in [1.165, 1.54) is 57.8 Å². The molecule has 0 aromatic rings. The molecule has 0 aromatic heterocycles. The van der Waals surface area contributed by atoms with Gasteiger partial charge in [-0.25, -0.2) is 0 Å². The van der Waals surface area contributed by atoms with Crippen LogP contribution < -0.4 is 0 Å². The van der Waals surface area contributed by atoms with Crippen LogP contribution in [0.5, 0.6) is 0 Å². The Kier molecular flexibility index (Phi) is 16.7. The third-order valence-corrected chi connectivity index (χ3v) is 3.51. The molecule has 0 saturated carbocycles. The minimum atomic E-state index is -0.761. The molecule has 0 bridgehead atoms. The molecule has 126 valence electrons. The van der Waals surface area contributed by atoms with E-state index in [1.807, 2.05) is 6.08 Å². The van der Waals surface area contributed by atoms with Gasteiger partial charge in [0.15, 0.2) is 0 Å². The van der Waals surface area contributed by atoms with Gasteiger partial charge in [0, 0.05) is 0 Å². The zero-order valence-electron chi connectivity index (χ0n) is 14.3. The Morgan fingerprint density at radius 3 is 1.64 bits per heavy atom. The Balaban J connectivity index is 3.23. The Hall–Kier alpha value is -1.31. The summed E-state index contributed by atoms with van der Waals surface area (Å²) in [6.07, 6.45) is 26.4. The van der Waals surface area contributed by atoms with Gasteiger partial charge in [0.2, 0.25) is 0 Å². The molecular formula is C20H34O2. The van der Waals surface area contributed by atoms with Gasteiger partial charge in [-0.1, -0.05) is 62.6 Å². The van der Waals surface area contributed by atoms with E-state index in [-0.39, 0.29) is 6.42 Å². The molecule has 0 aliphatic carbocycles. The van der Waals surface area contributed by atoms with Crippen molar-refractivity contribution in [1.29, 1.82) is 0 Å². The summed E-state index contributed by atoms with van der Waals surface area (Å²) >= 11 is 0. The van der Waals surface area contributed by atoms with E-state index >= 15 is 0 Å². The molecule has 0 spiro atoms. The van der Waals surface area contributed by atoms with E-state index in [2.05, 4.69) is 31.2 Å². The highest BCUT2D eigenvalue weighted by atomic mass is 16.4. The first-order valence-corrected chi connectivity index (χ1v) is 8.94. The molecule has 1 N–H and O–H groups in total. The Morgan fingerprint density at radius 2 is 1.14 bits per heavy atom. The van der Waals surface area contributed by atoms with Crippen LogP contribution in [0.2, 0.25) is 0 Å². The van der Waals surface area contributed by atoms with Crippen molar-refractivity contribution in [2.75, 3.05) is 0 Å². The molecule has 0 aliphatic heterocycles. The van der Waals surface area contributed by atoms with E-state index in [4.69, 9.17) is 5.11 Å². The van der Waals surface area contributed by atoms with Crippen LogP contribution in [0.15, 0.2) is 36.5 Å². The van der Waals surface area contributed by atoms with Crippen molar-refractivity contribution in [3.63, 3.8) is 0 Å². The second-order valence-corrected chi connectivity index (χ2v) is 5.72. The van der Waals surface area contributed by atoms with Crippen LogP contribution in [-0.2, 0) is 4.79 Å². The number of unbranched alkanes of at least 4 members (excludes halogenated alkanes) is 8. The van der Waals surface area contributed by atoms with E-state index in [0.29, 0.717) is 0 Å². The van der Waals surface area contributed by atoms with E-state index in [9.17, 15) is 4.79 Å². The first-order valence-electron chi connectivity index (χ1n) is 8.94. The minimum absolute atomic E-state index is 0.136. The van der Waals surface area contributed by atoms with Crippen LogP contribution in [0.3, 0.4) is 0 Å². The maximum absolute atomic E-state index is 10.3. The number of carboxylic acids is 1. The molecule has 0 aromatic carbocycles. The van der Waals surface area contributed by atoms with Gasteiger partial charge in [-0.15, -0.1) is 0 Å². The first kappa shape index (κ1) is 20.7. The van der Waals surface area contributed by atoms with E-state index in [1.54, 1.807) is 6.08 Å². The zero-order chi connectivity index (χ0) is 16.3. The van der Waals surface area contributed by atoms with Crippen molar-refractivity contribution in [2.24, 2.45) is 0 Å². The maximum atomic E-state index is 10.3. The monoisotopic (exact) mass is 306 g/mol. The predicted octanol–water partition coefficient (Wildman–Crippen LogP) is 6.44. The van der Waals surface area contributed by atoms with Gasteiger partial charge in [0.05, 0.1) is 6.42 Å². The smallest absolute Gasteiger partial charge is 0.307 e. The van der Waals surface area contributed by atoms with Gasteiger partial charge in [-0.2, -0.15) is 0 Å². The van der Waals surface area contributed by atoms with E-state index < -0.39 is 5.97 Å². The highest BCUT2D eigenvalue weighted by Crippen LogP contribution is 2.06. The predicted molar refractivity (Wildman–Crippen MR) is 96.1 cm³/mol. The molecule has 0 aliphatic rings. The fourth-order valence-corrected chi connectivity index (χ4v) is 2.18. The average molecular weight is 306 g/mol. The van der Waals surface area contributed by atoms with Gasteiger partial charge in [-0.3, -0.25) is 4.79 Å². The van der Waals surface area contributed by atoms with Crippen LogP contribution in [0.1, 0.15) is 84.0 Å². The third kappa shape index (κ3) is 18.7. The Labute approximate surface area is 137 Å².